The molecular formula is C26H21Cl2F3N6O2. The molecule has 0 bridgehead atoms. The van der Waals surface area contributed by atoms with E-state index in [-0.39, 0.29) is 51.5 Å². The number of benzene rings is 2. The molecule has 3 N–H and O–H groups in total. The molecule has 3 aromatic rings. The van der Waals surface area contributed by atoms with E-state index in [9.17, 15) is 13.6 Å². The predicted octanol–water partition coefficient (Wildman–Crippen LogP) is 5.14. The number of halogens is 5. The fourth-order valence-corrected chi connectivity index (χ4v) is 4.75. The molecule has 2 unspecified atom stereocenters. The van der Waals surface area contributed by atoms with Gasteiger partial charge in [0, 0.05) is 22.3 Å². The van der Waals surface area contributed by atoms with E-state index >= 15 is 4.39 Å². The predicted molar refractivity (Wildman–Crippen MR) is 141 cm³/mol. The summed E-state index contributed by atoms with van der Waals surface area (Å²) in [6, 6.07) is 6.80. The average Bonchev–Trinajstić information content (AvgIpc) is 3.56. The smallest absolute Gasteiger partial charge is 0.273 e. The van der Waals surface area contributed by atoms with Crippen molar-refractivity contribution in [3.8, 4) is 16.9 Å². The number of ether oxygens (including phenoxy) is 1. The maximum absolute atomic E-state index is 15.2. The fraction of sp³-hybridized carbons (Fsp3) is 0.192. The molecule has 0 spiro atoms. The highest BCUT2D eigenvalue weighted by molar-refractivity contribution is 6.36. The quantitative estimate of drug-likeness (QED) is 0.345. The Labute approximate surface area is 231 Å². The molecule has 2 heterocycles. The van der Waals surface area contributed by atoms with Gasteiger partial charge in [0.2, 0.25) is 5.96 Å². The highest BCUT2D eigenvalue weighted by atomic mass is 35.5. The SMILES string of the molecule is O=C(NN1C(=NCc2ccc(-c3cc(Cl)cc(Cl)c3OCC(F)F)cc2F)NC2C=CC=CC21)c1cn[nH]c1. The molecule has 1 aliphatic carbocycles. The highest BCUT2D eigenvalue weighted by Crippen LogP contribution is 2.39. The molecule has 1 aliphatic heterocycles. The molecule has 202 valence electrons. The van der Waals surface area contributed by atoms with Crippen LogP contribution in [0.3, 0.4) is 0 Å². The van der Waals surface area contributed by atoms with Gasteiger partial charge in [-0.1, -0.05) is 59.6 Å². The van der Waals surface area contributed by atoms with Crippen molar-refractivity contribution >= 4 is 35.1 Å². The lowest BCUT2D eigenvalue weighted by Crippen LogP contribution is -2.49. The maximum atomic E-state index is 15.2. The Balaban J connectivity index is 1.39. The van der Waals surface area contributed by atoms with E-state index in [1.807, 2.05) is 24.3 Å². The van der Waals surface area contributed by atoms with Crippen LogP contribution in [0.2, 0.25) is 10.0 Å². The van der Waals surface area contributed by atoms with E-state index in [1.54, 1.807) is 11.1 Å². The molecule has 5 rings (SSSR count). The van der Waals surface area contributed by atoms with Crippen molar-refractivity contribution in [3.63, 3.8) is 0 Å². The number of aromatic nitrogens is 2. The summed E-state index contributed by atoms with van der Waals surface area (Å²) in [4.78, 5) is 17.2. The number of nitrogens with one attached hydrogen (secondary N) is 3. The molecule has 1 saturated heterocycles. The van der Waals surface area contributed by atoms with E-state index in [1.165, 1.54) is 36.7 Å². The van der Waals surface area contributed by atoms with Crippen molar-refractivity contribution < 1.29 is 22.7 Å². The second kappa shape index (κ2) is 11.4. The number of alkyl halides is 2. The molecule has 2 aromatic carbocycles. The molecular weight excluding hydrogens is 556 g/mol. The van der Waals surface area contributed by atoms with Gasteiger partial charge in [-0.2, -0.15) is 5.10 Å². The molecule has 8 nitrogen and oxygen atoms in total. The minimum Gasteiger partial charge on any atom is -0.485 e. The Bertz CT molecular complexity index is 1460. The van der Waals surface area contributed by atoms with E-state index in [4.69, 9.17) is 27.9 Å². The van der Waals surface area contributed by atoms with Gasteiger partial charge in [-0.25, -0.2) is 23.2 Å². The van der Waals surface area contributed by atoms with Crippen LogP contribution in [0, 0.1) is 5.82 Å². The zero-order valence-electron chi connectivity index (χ0n) is 20.0. The number of amides is 1. The minimum atomic E-state index is -2.72. The van der Waals surface area contributed by atoms with Crippen molar-refractivity contribution in [1.29, 1.82) is 0 Å². The Morgan fingerprint density at radius 2 is 2.03 bits per heavy atom. The molecule has 1 aromatic heterocycles. The van der Waals surface area contributed by atoms with Gasteiger partial charge in [-0.3, -0.25) is 15.3 Å². The van der Waals surface area contributed by atoms with E-state index in [2.05, 4.69) is 25.9 Å². The van der Waals surface area contributed by atoms with Gasteiger partial charge in [0.15, 0.2) is 0 Å². The molecule has 13 heteroatoms. The first-order valence-electron chi connectivity index (χ1n) is 11.7. The van der Waals surface area contributed by atoms with Crippen LogP contribution in [0.4, 0.5) is 13.2 Å². The van der Waals surface area contributed by atoms with Crippen LogP contribution >= 0.6 is 23.2 Å². The van der Waals surface area contributed by atoms with Crippen molar-refractivity contribution in [1.82, 2.24) is 25.9 Å². The van der Waals surface area contributed by atoms with E-state index < -0.39 is 18.8 Å². The topological polar surface area (TPSA) is 94.6 Å². The second-order valence-electron chi connectivity index (χ2n) is 8.64. The third-order valence-corrected chi connectivity index (χ3v) is 6.53. The summed E-state index contributed by atoms with van der Waals surface area (Å²) in [5, 5.41) is 11.5. The summed E-state index contributed by atoms with van der Waals surface area (Å²) >= 11 is 12.3. The van der Waals surface area contributed by atoms with E-state index in [0.29, 0.717) is 17.1 Å². The number of carbonyl (C=O) groups is 1. The number of guanidine groups is 1. The number of hydrogen-bond donors (Lipinski definition) is 3. The first kappa shape index (κ1) is 26.6. The lowest BCUT2D eigenvalue weighted by Gasteiger charge is -2.25. The Morgan fingerprint density at radius 3 is 2.77 bits per heavy atom. The lowest BCUT2D eigenvalue weighted by molar-refractivity contribution is 0.0822. The first-order chi connectivity index (χ1) is 18.8. The molecule has 1 amide bonds. The molecule has 0 radical (unpaired) electrons. The number of allylic oxidation sites excluding steroid dienone is 2. The molecule has 2 atom stereocenters. The van der Waals surface area contributed by atoms with Crippen LogP contribution in [0.5, 0.6) is 5.75 Å². The molecule has 2 aliphatic rings. The zero-order valence-corrected chi connectivity index (χ0v) is 21.6. The first-order valence-corrected chi connectivity index (χ1v) is 12.5. The third-order valence-electron chi connectivity index (χ3n) is 6.04. The Hall–Kier alpha value is -3.96. The number of aliphatic imine (C=N–C) groups is 1. The molecule has 39 heavy (non-hydrogen) atoms. The number of aromatic amines is 1. The van der Waals surface area contributed by atoms with Crippen molar-refractivity contribution in [2.45, 2.75) is 25.1 Å². The minimum absolute atomic E-state index is 0.0170. The average molecular weight is 577 g/mol. The number of nitrogens with zero attached hydrogens (tertiary/aromatic N) is 3. The second-order valence-corrected chi connectivity index (χ2v) is 9.48. The number of fused-ring (bicyclic) bond motifs is 1. The zero-order chi connectivity index (χ0) is 27.5. The van der Waals surface area contributed by atoms with Crippen LogP contribution in [0.15, 0.2) is 72.0 Å². The third kappa shape index (κ3) is 5.89. The van der Waals surface area contributed by atoms with Gasteiger partial charge in [-0.15, -0.1) is 0 Å². The fourth-order valence-electron chi connectivity index (χ4n) is 4.20. The number of H-pyrrole nitrogens is 1. The molecule has 1 fully saturated rings. The summed E-state index contributed by atoms with van der Waals surface area (Å²) in [5.74, 6) is -0.637. The summed E-state index contributed by atoms with van der Waals surface area (Å²) in [6.45, 7) is -0.927. The van der Waals surface area contributed by atoms with Gasteiger partial charge >= 0.3 is 0 Å². The number of hydrogen-bond acceptors (Lipinski definition) is 4. The maximum Gasteiger partial charge on any atom is 0.273 e. The lowest BCUT2D eigenvalue weighted by atomic mass is 10.0. The van der Waals surface area contributed by atoms with Gasteiger partial charge in [-0.05, 0) is 23.8 Å². The van der Waals surface area contributed by atoms with Crippen LogP contribution in [0.1, 0.15) is 15.9 Å². The van der Waals surface area contributed by atoms with Crippen LogP contribution in [-0.2, 0) is 6.54 Å². The van der Waals surface area contributed by atoms with Crippen molar-refractivity contribution in [2.24, 2.45) is 4.99 Å². The number of carbonyl (C=O) groups excluding carboxylic acids is 1. The molecule has 0 saturated carbocycles. The van der Waals surface area contributed by atoms with Crippen LogP contribution < -0.4 is 15.5 Å². The van der Waals surface area contributed by atoms with Gasteiger partial charge in [0.05, 0.1) is 35.4 Å². The summed E-state index contributed by atoms with van der Waals surface area (Å²) in [5.41, 5.74) is 4.04. The largest absolute Gasteiger partial charge is 0.485 e. The summed E-state index contributed by atoms with van der Waals surface area (Å²) in [6.07, 6.45) is 7.74. The van der Waals surface area contributed by atoms with Crippen LogP contribution in [0.25, 0.3) is 11.1 Å². The van der Waals surface area contributed by atoms with E-state index in [0.717, 1.165) is 0 Å². The van der Waals surface area contributed by atoms with Crippen molar-refractivity contribution in [2.75, 3.05) is 6.61 Å². The normalized spacial score (nSPS) is 18.9. The summed E-state index contributed by atoms with van der Waals surface area (Å²) in [7, 11) is 0. The van der Waals surface area contributed by atoms with Gasteiger partial charge < -0.3 is 10.1 Å². The Kier molecular flexibility index (Phi) is 7.80. The van der Waals surface area contributed by atoms with Gasteiger partial charge in [0.25, 0.3) is 12.3 Å². The van der Waals surface area contributed by atoms with Crippen LogP contribution in [-0.4, -0.2) is 52.2 Å². The van der Waals surface area contributed by atoms with Gasteiger partial charge in [0.1, 0.15) is 18.2 Å². The highest BCUT2D eigenvalue weighted by Gasteiger charge is 2.37. The standard InChI is InChI=1S/C26H21Cl2F3N6O2/c27-17-8-18(24(19(28)9-17)39-13-23(30)31)14-5-6-15(20(29)7-14)10-32-26-35-21-3-1-2-4-22(21)37(26)36-25(38)16-11-33-34-12-16/h1-9,11-12,21-23H,10,13H2,(H,32,35)(H,33,34)(H,36,38). The Morgan fingerprint density at radius 1 is 1.21 bits per heavy atom. The number of hydrazine groups is 1. The van der Waals surface area contributed by atoms with Crippen molar-refractivity contribution in [3.05, 3.63) is 94.0 Å². The summed E-state index contributed by atoms with van der Waals surface area (Å²) < 4.78 is 45.9. The number of rotatable bonds is 8. The monoisotopic (exact) mass is 576 g/mol.